The van der Waals surface area contributed by atoms with Crippen molar-refractivity contribution in [2.45, 2.75) is 13.3 Å². The molecule has 1 heterocycles. The van der Waals surface area contributed by atoms with E-state index in [4.69, 9.17) is 5.11 Å². The first-order chi connectivity index (χ1) is 6.74. The third-order valence-electron chi connectivity index (χ3n) is 2.67. The molecule has 1 N–H and O–H groups in total. The molecule has 0 fully saturated rings. The van der Waals surface area contributed by atoms with E-state index in [1.54, 1.807) is 0 Å². The number of nitrogens with zero attached hydrogens (tertiary/aromatic N) is 1. The zero-order chi connectivity index (χ0) is 10.1. The van der Waals surface area contributed by atoms with Crippen LogP contribution >= 0.6 is 0 Å². The van der Waals surface area contributed by atoms with Gasteiger partial charge in [-0.3, -0.25) is 0 Å². The molecule has 14 heavy (non-hydrogen) atoms. The van der Waals surface area contributed by atoms with E-state index >= 15 is 0 Å². The van der Waals surface area contributed by atoms with Gasteiger partial charge in [0, 0.05) is 25.2 Å². The molecule has 0 radical (unpaired) electrons. The van der Waals surface area contributed by atoms with Gasteiger partial charge < -0.3 is 9.67 Å². The van der Waals surface area contributed by atoms with Crippen LogP contribution in [0.4, 0.5) is 0 Å². The highest BCUT2D eigenvalue weighted by atomic mass is 16.2. The Bertz CT molecular complexity index is 457. The van der Waals surface area contributed by atoms with E-state index in [0.717, 1.165) is 6.42 Å². The Hall–Kier alpha value is -1.28. The number of aliphatic hydroxyl groups excluding tert-OH is 1. The number of benzene rings is 1. The van der Waals surface area contributed by atoms with Gasteiger partial charge in [0.05, 0.1) is 5.52 Å². The molecule has 2 nitrogen and oxygen atoms in total. The minimum atomic E-state index is 0.215. The van der Waals surface area contributed by atoms with Crippen molar-refractivity contribution >= 4 is 10.9 Å². The molecule has 1 aromatic carbocycles. The molecular weight excluding hydrogens is 174 g/mol. The summed E-state index contributed by atoms with van der Waals surface area (Å²) in [6.07, 6.45) is 2.84. The third-order valence-corrected chi connectivity index (χ3v) is 2.67. The molecule has 0 unspecified atom stereocenters. The van der Waals surface area contributed by atoms with E-state index in [9.17, 15) is 0 Å². The lowest BCUT2D eigenvalue weighted by Gasteiger charge is -1.99. The fourth-order valence-corrected chi connectivity index (χ4v) is 2.07. The summed E-state index contributed by atoms with van der Waals surface area (Å²) < 4.78 is 2.13. The van der Waals surface area contributed by atoms with Crippen molar-refractivity contribution in [2.24, 2.45) is 7.05 Å². The maximum atomic E-state index is 8.95. The molecule has 2 aromatic rings. The summed E-state index contributed by atoms with van der Waals surface area (Å²) >= 11 is 0. The van der Waals surface area contributed by atoms with Crippen LogP contribution in [0.1, 0.15) is 11.1 Å². The summed E-state index contributed by atoms with van der Waals surface area (Å²) in [4.78, 5) is 0. The number of hydrogen-bond acceptors (Lipinski definition) is 1. The van der Waals surface area contributed by atoms with Gasteiger partial charge in [0.25, 0.3) is 0 Å². The van der Waals surface area contributed by atoms with E-state index in [1.165, 1.54) is 22.0 Å². The fourth-order valence-electron chi connectivity index (χ4n) is 2.07. The van der Waals surface area contributed by atoms with Crippen molar-refractivity contribution in [3.63, 3.8) is 0 Å². The van der Waals surface area contributed by atoms with Crippen molar-refractivity contribution in [1.29, 1.82) is 0 Å². The molecule has 0 atom stereocenters. The topological polar surface area (TPSA) is 25.2 Å². The van der Waals surface area contributed by atoms with Crippen LogP contribution in [-0.2, 0) is 13.5 Å². The highest BCUT2D eigenvalue weighted by molar-refractivity contribution is 5.86. The average molecular weight is 189 g/mol. The molecule has 1 aromatic heterocycles. The smallest absolute Gasteiger partial charge is 0.0510 e. The number of aliphatic hydroxyl groups is 1. The second-order valence-corrected chi connectivity index (χ2v) is 3.71. The Kier molecular flexibility index (Phi) is 2.30. The minimum Gasteiger partial charge on any atom is -0.396 e. The fraction of sp³-hybridized carbons (Fsp3) is 0.333. The van der Waals surface area contributed by atoms with Gasteiger partial charge >= 0.3 is 0 Å². The molecule has 0 saturated heterocycles. The standard InChI is InChI=1S/C12H15NO/c1-9-4-3-5-11-10(6-7-14)8-13(2)12(9)11/h3-5,8,14H,6-7H2,1-2H3. The van der Waals surface area contributed by atoms with Crippen LogP contribution in [0.2, 0.25) is 0 Å². The normalized spacial score (nSPS) is 11.1. The Morgan fingerprint density at radius 3 is 2.86 bits per heavy atom. The van der Waals surface area contributed by atoms with Gasteiger partial charge in [-0.2, -0.15) is 0 Å². The molecule has 74 valence electrons. The van der Waals surface area contributed by atoms with Gasteiger partial charge in [-0.1, -0.05) is 18.2 Å². The van der Waals surface area contributed by atoms with Crippen LogP contribution < -0.4 is 0 Å². The summed E-state index contributed by atoms with van der Waals surface area (Å²) in [6.45, 7) is 2.33. The van der Waals surface area contributed by atoms with Crippen molar-refractivity contribution in [1.82, 2.24) is 4.57 Å². The van der Waals surface area contributed by atoms with Crippen molar-refractivity contribution in [2.75, 3.05) is 6.61 Å². The van der Waals surface area contributed by atoms with Crippen LogP contribution in [0.25, 0.3) is 10.9 Å². The molecule has 2 rings (SSSR count). The third kappa shape index (κ3) is 1.32. The summed E-state index contributed by atoms with van der Waals surface area (Å²) in [5, 5.41) is 10.2. The number of hydrogen-bond donors (Lipinski definition) is 1. The maximum absolute atomic E-state index is 8.95. The van der Waals surface area contributed by atoms with Crippen LogP contribution in [-0.4, -0.2) is 16.3 Å². The Balaban J connectivity index is 2.71. The summed E-state index contributed by atoms with van der Waals surface area (Å²) in [5.41, 5.74) is 3.79. The lowest BCUT2D eigenvalue weighted by atomic mass is 10.1. The molecule has 0 aliphatic rings. The number of fused-ring (bicyclic) bond motifs is 1. The predicted molar refractivity (Wildman–Crippen MR) is 58.4 cm³/mol. The molecule has 0 bridgehead atoms. The van der Waals surface area contributed by atoms with Gasteiger partial charge in [-0.25, -0.2) is 0 Å². The summed E-state index contributed by atoms with van der Waals surface area (Å²) in [7, 11) is 2.05. The number of rotatable bonds is 2. The van der Waals surface area contributed by atoms with Crippen molar-refractivity contribution < 1.29 is 5.11 Å². The Labute approximate surface area is 83.8 Å². The summed E-state index contributed by atoms with van der Waals surface area (Å²) in [5.74, 6) is 0. The second-order valence-electron chi connectivity index (χ2n) is 3.71. The molecular formula is C12H15NO. The van der Waals surface area contributed by atoms with Crippen molar-refractivity contribution in [3.8, 4) is 0 Å². The minimum absolute atomic E-state index is 0.215. The molecule has 0 saturated carbocycles. The van der Waals surface area contributed by atoms with Crippen molar-refractivity contribution in [3.05, 3.63) is 35.5 Å². The Morgan fingerprint density at radius 1 is 1.36 bits per heavy atom. The second kappa shape index (κ2) is 3.46. The monoisotopic (exact) mass is 189 g/mol. The lowest BCUT2D eigenvalue weighted by molar-refractivity contribution is 0.300. The van der Waals surface area contributed by atoms with Gasteiger partial charge in [0.15, 0.2) is 0 Å². The highest BCUT2D eigenvalue weighted by Gasteiger charge is 2.06. The molecule has 0 aliphatic heterocycles. The lowest BCUT2D eigenvalue weighted by Crippen LogP contribution is -1.88. The summed E-state index contributed by atoms with van der Waals surface area (Å²) in [6, 6.07) is 6.30. The van der Waals surface area contributed by atoms with Gasteiger partial charge in [-0.05, 0) is 24.5 Å². The first kappa shape index (κ1) is 9.28. The van der Waals surface area contributed by atoms with Gasteiger partial charge in [-0.15, -0.1) is 0 Å². The molecule has 2 heteroatoms. The average Bonchev–Trinajstić information content (AvgIpc) is 2.46. The molecule has 0 aliphatic carbocycles. The number of para-hydroxylation sites is 1. The van der Waals surface area contributed by atoms with Crippen LogP contribution in [0.15, 0.2) is 24.4 Å². The van der Waals surface area contributed by atoms with Crippen LogP contribution in [0.3, 0.4) is 0 Å². The van der Waals surface area contributed by atoms with E-state index < -0.39 is 0 Å². The van der Waals surface area contributed by atoms with Crippen LogP contribution in [0, 0.1) is 6.92 Å². The number of aromatic nitrogens is 1. The molecule has 0 spiro atoms. The number of aryl methyl sites for hydroxylation is 2. The van der Waals surface area contributed by atoms with Crippen LogP contribution in [0.5, 0.6) is 0 Å². The van der Waals surface area contributed by atoms with Gasteiger partial charge in [0.2, 0.25) is 0 Å². The predicted octanol–water partition coefficient (Wildman–Crippen LogP) is 2.02. The van der Waals surface area contributed by atoms with E-state index in [1.807, 2.05) is 0 Å². The Morgan fingerprint density at radius 2 is 2.14 bits per heavy atom. The van der Waals surface area contributed by atoms with E-state index in [-0.39, 0.29) is 6.61 Å². The zero-order valence-corrected chi connectivity index (χ0v) is 8.62. The van der Waals surface area contributed by atoms with Gasteiger partial charge in [0.1, 0.15) is 0 Å². The van der Waals surface area contributed by atoms with E-state index in [2.05, 4.69) is 42.9 Å². The largest absolute Gasteiger partial charge is 0.396 e. The zero-order valence-electron chi connectivity index (χ0n) is 8.62. The van der Waals surface area contributed by atoms with E-state index in [0.29, 0.717) is 0 Å². The maximum Gasteiger partial charge on any atom is 0.0510 e. The highest BCUT2D eigenvalue weighted by Crippen LogP contribution is 2.23. The SMILES string of the molecule is Cc1cccc2c(CCO)cn(C)c12. The quantitative estimate of drug-likeness (QED) is 0.768. The molecule has 0 amide bonds. The first-order valence-electron chi connectivity index (χ1n) is 4.88. The first-order valence-corrected chi connectivity index (χ1v) is 4.88.